The number of esters is 2. The smallest absolute Gasteiger partial charge is 0.306 e. The van der Waals surface area contributed by atoms with Crippen LogP contribution in [0.2, 0.25) is 0 Å². The van der Waals surface area contributed by atoms with E-state index in [1.165, 1.54) is 128 Å². The molecule has 0 saturated heterocycles. The molecule has 0 aliphatic heterocycles. The van der Waals surface area contributed by atoms with E-state index in [0.29, 0.717) is 12.8 Å². The van der Waals surface area contributed by atoms with E-state index in [2.05, 4.69) is 62.5 Å². The zero-order valence-corrected chi connectivity index (χ0v) is 34.3. The van der Waals surface area contributed by atoms with E-state index in [9.17, 15) is 14.7 Å². The van der Waals surface area contributed by atoms with Gasteiger partial charge in [-0.2, -0.15) is 0 Å². The molecule has 5 nitrogen and oxygen atoms in total. The second-order valence-electron chi connectivity index (χ2n) is 14.8. The fourth-order valence-electron chi connectivity index (χ4n) is 6.31. The van der Waals surface area contributed by atoms with Crippen LogP contribution in [0, 0.1) is 0 Å². The van der Waals surface area contributed by atoms with Crippen LogP contribution in [0.15, 0.2) is 48.6 Å². The Balaban J connectivity index is 3.48. The van der Waals surface area contributed by atoms with Gasteiger partial charge in [0.05, 0.1) is 6.61 Å². The molecule has 0 heterocycles. The van der Waals surface area contributed by atoms with Gasteiger partial charge in [-0.3, -0.25) is 9.59 Å². The van der Waals surface area contributed by atoms with E-state index in [4.69, 9.17) is 9.47 Å². The molecule has 0 radical (unpaired) electrons. The lowest BCUT2D eigenvalue weighted by molar-refractivity contribution is -0.161. The van der Waals surface area contributed by atoms with Gasteiger partial charge in [0, 0.05) is 12.8 Å². The minimum Gasteiger partial charge on any atom is -0.462 e. The highest BCUT2D eigenvalue weighted by Crippen LogP contribution is 2.15. The fourth-order valence-corrected chi connectivity index (χ4v) is 6.31. The summed E-state index contributed by atoms with van der Waals surface area (Å²) >= 11 is 0. The van der Waals surface area contributed by atoms with Crippen LogP contribution in [0.5, 0.6) is 0 Å². The molecule has 5 heteroatoms. The molecule has 0 spiro atoms. The number of carbonyl (C=O) groups is 2. The van der Waals surface area contributed by atoms with Gasteiger partial charge in [-0.15, -0.1) is 0 Å². The third-order valence-corrected chi connectivity index (χ3v) is 9.64. The van der Waals surface area contributed by atoms with E-state index < -0.39 is 6.10 Å². The number of hydrogen-bond donors (Lipinski definition) is 1. The van der Waals surface area contributed by atoms with Crippen LogP contribution >= 0.6 is 0 Å². The van der Waals surface area contributed by atoms with Crippen molar-refractivity contribution in [2.75, 3.05) is 13.2 Å². The van der Waals surface area contributed by atoms with Crippen LogP contribution < -0.4 is 0 Å². The molecule has 1 atom stereocenters. The summed E-state index contributed by atoms with van der Waals surface area (Å²) in [5, 5.41) is 9.56. The number of allylic oxidation sites excluding steroid dienone is 8. The maximum Gasteiger partial charge on any atom is 0.306 e. The number of hydrogen-bond acceptors (Lipinski definition) is 5. The molecule has 0 saturated carbocycles. The second-order valence-corrected chi connectivity index (χ2v) is 14.8. The Kier molecular flexibility index (Phi) is 41.5. The highest BCUT2D eigenvalue weighted by molar-refractivity contribution is 5.70. The quantitative estimate of drug-likeness (QED) is 0.0386. The number of rotatable bonds is 40. The second kappa shape index (κ2) is 43.3. The molecule has 52 heavy (non-hydrogen) atoms. The summed E-state index contributed by atoms with van der Waals surface area (Å²) in [7, 11) is 0. The molecule has 1 N–H and O–H groups in total. The van der Waals surface area contributed by atoms with Crippen molar-refractivity contribution in [3.05, 3.63) is 48.6 Å². The predicted molar refractivity (Wildman–Crippen MR) is 224 cm³/mol. The Morgan fingerprint density at radius 1 is 0.462 bits per heavy atom. The molecule has 0 aliphatic rings. The van der Waals surface area contributed by atoms with Crippen molar-refractivity contribution in [2.45, 2.75) is 225 Å². The molecule has 302 valence electrons. The van der Waals surface area contributed by atoms with Crippen LogP contribution in [0.25, 0.3) is 0 Å². The van der Waals surface area contributed by atoms with Crippen LogP contribution in [0.4, 0.5) is 0 Å². The summed E-state index contributed by atoms with van der Waals surface area (Å²) in [6.07, 6.45) is 54.8. The highest BCUT2D eigenvalue weighted by Gasteiger charge is 2.16. The molecular weight excluding hydrogens is 645 g/mol. The summed E-state index contributed by atoms with van der Waals surface area (Å²) in [5.74, 6) is -0.587. The van der Waals surface area contributed by atoms with E-state index in [1.54, 1.807) is 0 Å². The molecule has 0 aromatic heterocycles. The largest absolute Gasteiger partial charge is 0.462 e. The van der Waals surface area contributed by atoms with Gasteiger partial charge in [0.1, 0.15) is 6.61 Å². The van der Waals surface area contributed by atoms with Crippen LogP contribution in [0.3, 0.4) is 0 Å². The third-order valence-electron chi connectivity index (χ3n) is 9.64. The first-order valence-electron chi connectivity index (χ1n) is 22.2. The molecule has 0 amide bonds. The zero-order valence-electron chi connectivity index (χ0n) is 34.3. The summed E-state index contributed by atoms with van der Waals surface area (Å²) in [6, 6.07) is 0. The Morgan fingerprint density at radius 3 is 1.25 bits per heavy atom. The van der Waals surface area contributed by atoms with Gasteiger partial charge in [0.15, 0.2) is 6.10 Å². The molecule has 1 unspecified atom stereocenters. The van der Waals surface area contributed by atoms with Crippen molar-refractivity contribution in [1.82, 2.24) is 0 Å². The van der Waals surface area contributed by atoms with Gasteiger partial charge in [-0.05, 0) is 51.4 Å². The number of aliphatic hydroxyl groups is 1. The number of carbonyl (C=O) groups excluding carboxylic acids is 2. The van der Waals surface area contributed by atoms with Gasteiger partial charge in [0.25, 0.3) is 0 Å². The monoisotopic (exact) mass is 729 g/mol. The first-order chi connectivity index (χ1) is 25.6. The first kappa shape index (κ1) is 49.9. The van der Waals surface area contributed by atoms with E-state index >= 15 is 0 Å². The zero-order chi connectivity index (χ0) is 37.8. The van der Waals surface area contributed by atoms with E-state index in [0.717, 1.165) is 64.2 Å². The normalized spacial score (nSPS) is 12.6. The molecule has 0 aromatic rings. The van der Waals surface area contributed by atoms with Crippen LogP contribution in [-0.4, -0.2) is 36.4 Å². The van der Waals surface area contributed by atoms with E-state index in [-0.39, 0.29) is 25.2 Å². The minimum absolute atomic E-state index is 0.0631. The average Bonchev–Trinajstić information content (AvgIpc) is 3.15. The minimum atomic E-state index is -0.768. The maximum absolute atomic E-state index is 12.2. The van der Waals surface area contributed by atoms with E-state index in [1.807, 2.05) is 0 Å². The Morgan fingerprint density at radius 2 is 0.827 bits per heavy atom. The summed E-state index contributed by atoms with van der Waals surface area (Å²) in [4.78, 5) is 24.3. The Bertz CT molecular complexity index is 873. The fraction of sp³-hybridized carbons (Fsp3) is 0.787. The van der Waals surface area contributed by atoms with Crippen molar-refractivity contribution in [2.24, 2.45) is 0 Å². The molecule has 0 fully saturated rings. The Hall–Kier alpha value is -2.14. The van der Waals surface area contributed by atoms with Gasteiger partial charge in [-0.25, -0.2) is 0 Å². The lowest BCUT2D eigenvalue weighted by atomic mass is 10.0. The molecule has 0 bridgehead atoms. The van der Waals surface area contributed by atoms with Crippen molar-refractivity contribution >= 4 is 11.9 Å². The number of aliphatic hydroxyl groups excluding tert-OH is 1. The highest BCUT2D eigenvalue weighted by atomic mass is 16.6. The molecule has 0 aliphatic carbocycles. The van der Waals surface area contributed by atoms with Crippen molar-refractivity contribution < 1.29 is 24.2 Å². The summed E-state index contributed by atoms with van der Waals surface area (Å²) < 4.78 is 10.6. The summed E-state index contributed by atoms with van der Waals surface area (Å²) in [6.45, 7) is 4.03. The average molecular weight is 729 g/mol. The van der Waals surface area contributed by atoms with Crippen LogP contribution in [-0.2, 0) is 19.1 Å². The van der Waals surface area contributed by atoms with Gasteiger partial charge >= 0.3 is 11.9 Å². The predicted octanol–water partition coefficient (Wildman–Crippen LogP) is 14.2. The molecule has 0 rings (SSSR count). The van der Waals surface area contributed by atoms with Crippen molar-refractivity contribution in [1.29, 1.82) is 0 Å². The summed E-state index contributed by atoms with van der Waals surface area (Å²) in [5.41, 5.74) is 0. The van der Waals surface area contributed by atoms with Gasteiger partial charge in [-0.1, -0.05) is 204 Å². The lowest BCUT2D eigenvalue weighted by Crippen LogP contribution is -2.28. The Labute approximate surface area is 322 Å². The SMILES string of the molecule is CC/C=C\C/C=C\C/C=C\C/C=C\CCCCCCCCCCCCCCCCC(=O)OC(CO)COC(=O)CCCCCCCCCCCCC. The van der Waals surface area contributed by atoms with Gasteiger partial charge < -0.3 is 14.6 Å². The van der Waals surface area contributed by atoms with Gasteiger partial charge in [0.2, 0.25) is 0 Å². The molecule has 0 aromatic carbocycles. The maximum atomic E-state index is 12.2. The number of ether oxygens (including phenoxy) is 2. The molecular formula is C47H84O5. The third kappa shape index (κ3) is 40.6. The standard InChI is InChI=1S/C47H84O5/c1-3-5-7-9-11-13-15-16-17-18-19-20-21-22-23-24-25-26-27-28-29-30-32-34-36-38-40-42-47(50)52-45(43-48)44-51-46(49)41-39-37-35-33-31-14-12-10-8-6-4-2/h5,7,11,13,16-17,19-20,45,48H,3-4,6,8-10,12,14-15,18,21-44H2,1-2H3/b7-5-,13-11-,17-16-,20-19-. The van der Waals surface area contributed by atoms with Crippen LogP contribution in [0.1, 0.15) is 219 Å². The number of unbranched alkanes of at least 4 members (excludes halogenated alkanes) is 24. The first-order valence-corrected chi connectivity index (χ1v) is 22.2. The van der Waals surface area contributed by atoms with Crippen molar-refractivity contribution in [3.8, 4) is 0 Å². The lowest BCUT2D eigenvalue weighted by Gasteiger charge is -2.15. The topological polar surface area (TPSA) is 72.8 Å². The van der Waals surface area contributed by atoms with Crippen molar-refractivity contribution in [3.63, 3.8) is 0 Å².